The Labute approximate surface area is 147 Å². The molecule has 116 valence electrons. The number of Topliss-reactive ketones (excluding diaryl/α,β-unsaturated/α-hetero) is 1. The molecule has 4 nitrogen and oxygen atoms in total. The van der Waals surface area contributed by atoms with Crippen molar-refractivity contribution in [3.05, 3.63) is 64.1 Å². The van der Waals surface area contributed by atoms with Gasteiger partial charge in [0, 0.05) is 16.1 Å². The zero-order chi connectivity index (χ0) is 16.2. The largest absolute Gasteiger partial charge is 0.293 e. The molecule has 0 amide bonds. The van der Waals surface area contributed by atoms with Gasteiger partial charge in [-0.25, -0.2) is 4.98 Å². The number of ketones is 1. The maximum absolute atomic E-state index is 12.2. The highest BCUT2D eigenvalue weighted by Crippen LogP contribution is 2.24. The number of halogens is 2. The van der Waals surface area contributed by atoms with Crippen LogP contribution < -0.4 is 0 Å². The average Bonchev–Trinajstić information content (AvgIpc) is 3.02. The van der Waals surface area contributed by atoms with E-state index in [2.05, 4.69) is 15.2 Å². The van der Waals surface area contributed by atoms with Gasteiger partial charge in [-0.05, 0) is 18.2 Å². The number of carbonyl (C=O) groups is 1. The van der Waals surface area contributed by atoms with Crippen molar-refractivity contribution in [3.63, 3.8) is 0 Å². The smallest absolute Gasteiger partial charge is 0.209 e. The SMILES string of the molecule is O=C(CSc1n[nH]c(-c2ccccc2)n1)c1ccc(Cl)cc1Cl. The third-order valence-electron chi connectivity index (χ3n) is 3.08. The Bertz CT molecular complexity index is 836. The van der Waals surface area contributed by atoms with E-state index >= 15 is 0 Å². The zero-order valence-electron chi connectivity index (χ0n) is 11.8. The maximum atomic E-state index is 12.2. The molecule has 0 atom stereocenters. The topological polar surface area (TPSA) is 58.6 Å². The number of hydrogen-bond acceptors (Lipinski definition) is 4. The van der Waals surface area contributed by atoms with Gasteiger partial charge in [0.05, 0.1) is 10.8 Å². The minimum Gasteiger partial charge on any atom is -0.293 e. The van der Waals surface area contributed by atoms with E-state index in [1.165, 1.54) is 11.8 Å². The van der Waals surface area contributed by atoms with Crippen molar-refractivity contribution in [1.29, 1.82) is 0 Å². The van der Waals surface area contributed by atoms with Crippen LogP contribution in [0.3, 0.4) is 0 Å². The minimum atomic E-state index is -0.0947. The Kier molecular flexibility index (Phi) is 5.00. The van der Waals surface area contributed by atoms with Gasteiger partial charge in [-0.2, -0.15) is 0 Å². The molecule has 1 N–H and O–H groups in total. The van der Waals surface area contributed by atoms with Crippen molar-refractivity contribution in [2.24, 2.45) is 0 Å². The molecule has 1 heterocycles. The first-order valence-corrected chi connectivity index (χ1v) is 8.46. The van der Waals surface area contributed by atoms with Gasteiger partial charge < -0.3 is 0 Å². The second-order valence-electron chi connectivity index (χ2n) is 4.67. The number of benzene rings is 2. The van der Waals surface area contributed by atoms with Gasteiger partial charge in [0.2, 0.25) is 5.16 Å². The molecule has 0 saturated heterocycles. The lowest BCUT2D eigenvalue weighted by molar-refractivity contribution is 0.102. The molecule has 0 saturated carbocycles. The van der Waals surface area contributed by atoms with Gasteiger partial charge >= 0.3 is 0 Å². The molecule has 0 spiro atoms. The Morgan fingerprint density at radius 3 is 2.65 bits per heavy atom. The molecule has 0 radical (unpaired) electrons. The van der Waals surface area contributed by atoms with Crippen LogP contribution in [0.5, 0.6) is 0 Å². The van der Waals surface area contributed by atoms with Crippen LogP contribution >= 0.6 is 35.0 Å². The van der Waals surface area contributed by atoms with E-state index in [4.69, 9.17) is 23.2 Å². The van der Waals surface area contributed by atoms with E-state index in [1.807, 2.05) is 30.3 Å². The van der Waals surface area contributed by atoms with Gasteiger partial charge in [-0.1, -0.05) is 65.3 Å². The summed E-state index contributed by atoms with van der Waals surface area (Å²) in [5, 5.41) is 8.35. The number of rotatable bonds is 5. The highest BCUT2D eigenvalue weighted by atomic mass is 35.5. The van der Waals surface area contributed by atoms with Gasteiger partial charge in [-0.15, -0.1) is 5.10 Å². The average molecular weight is 364 g/mol. The molecule has 0 aliphatic carbocycles. The second-order valence-corrected chi connectivity index (χ2v) is 6.45. The quantitative estimate of drug-likeness (QED) is 0.524. The summed E-state index contributed by atoms with van der Waals surface area (Å²) in [6.45, 7) is 0. The minimum absolute atomic E-state index is 0.0947. The lowest BCUT2D eigenvalue weighted by atomic mass is 10.1. The molecular formula is C16H11Cl2N3OS. The van der Waals surface area contributed by atoms with E-state index in [-0.39, 0.29) is 11.5 Å². The van der Waals surface area contributed by atoms with Crippen molar-refractivity contribution in [2.45, 2.75) is 5.16 Å². The number of H-pyrrole nitrogens is 1. The fourth-order valence-corrected chi connectivity index (χ4v) is 3.16. The molecule has 1 aromatic heterocycles. The van der Waals surface area contributed by atoms with Crippen LogP contribution in [0.15, 0.2) is 53.7 Å². The first kappa shape index (κ1) is 16.1. The maximum Gasteiger partial charge on any atom is 0.209 e. The van der Waals surface area contributed by atoms with Gasteiger partial charge in [-0.3, -0.25) is 9.89 Å². The molecule has 2 aromatic carbocycles. The molecular weight excluding hydrogens is 353 g/mol. The lowest BCUT2D eigenvalue weighted by Gasteiger charge is -2.02. The van der Waals surface area contributed by atoms with Crippen LogP contribution in [0.25, 0.3) is 11.4 Å². The van der Waals surface area contributed by atoms with E-state index in [9.17, 15) is 4.79 Å². The van der Waals surface area contributed by atoms with Crippen LogP contribution in [0.2, 0.25) is 10.0 Å². The summed E-state index contributed by atoms with van der Waals surface area (Å²) in [4.78, 5) is 16.6. The van der Waals surface area contributed by atoms with Crippen molar-refractivity contribution < 1.29 is 4.79 Å². The molecule has 3 rings (SSSR count). The molecule has 0 fully saturated rings. The Morgan fingerprint density at radius 2 is 1.91 bits per heavy atom. The molecule has 7 heteroatoms. The van der Waals surface area contributed by atoms with Crippen LogP contribution in [-0.2, 0) is 0 Å². The monoisotopic (exact) mass is 363 g/mol. The third kappa shape index (κ3) is 3.93. The molecule has 0 aliphatic heterocycles. The molecule has 0 unspecified atom stereocenters. The first-order chi connectivity index (χ1) is 11.1. The standard InChI is InChI=1S/C16H11Cl2N3OS/c17-11-6-7-12(13(18)8-11)14(22)9-23-16-19-15(20-21-16)10-4-2-1-3-5-10/h1-8H,9H2,(H,19,20,21). The number of aromatic nitrogens is 3. The number of nitrogens with one attached hydrogen (secondary N) is 1. The Hall–Kier alpha value is -1.82. The summed E-state index contributed by atoms with van der Waals surface area (Å²) in [6, 6.07) is 14.5. The fourth-order valence-electron chi connectivity index (χ4n) is 1.96. The van der Waals surface area contributed by atoms with E-state index in [1.54, 1.807) is 18.2 Å². The van der Waals surface area contributed by atoms with E-state index in [0.717, 1.165) is 5.56 Å². The summed E-state index contributed by atoms with van der Waals surface area (Å²) >= 11 is 13.1. The van der Waals surface area contributed by atoms with Gasteiger partial charge in [0.25, 0.3) is 0 Å². The Morgan fingerprint density at radius 1 is 1.13 bits per heavy atom. The number of thioether (sulfide) groups is 1. The van der Waals surface area contributed by atoms with E-state index < -0.39 is 0 Å². The van der Waals surface area contributed by atoms with Crippen LogP contribution in [0, 0.1) is 0 Å². The van der Waals surface area contributed by atoms with Crippen LogP contribution in [-0.4, -0.2) is 26.7 Å². The van der Waals surface area contributed by atoms with Crippen LogP contribution in [0.1, 0.15) is 10.4 Å². The van der Waals surface area contributed by atoms with Crippen molar-refractivity contribution >= 4 is 40.7 Å². The first-order valence-electron chi connectivity index (χ1n) is 6.72. The normalized spacial score (nSPS) is 10.7. The second kappa shape index (κ2) is 7.17. The molecule has 3 aromatic rings. The fraction of sp³-hybridized carbons (Fsp3) is 0.0625. The molecule has 23 heavy (non-hydrogen) atoms. The van der Waals surface area contributed by atoms with E-state index in [0.29, 0.717) is 26.6 Å². The van der Waals surface area contributed by atoms with Gasteiger partial charge in [0.1, 0.15) is 0 Å². The summed E-state index contributed by atoms with van der Waals surface area (Å²) < 4.78 is 0. The summed E-state index contributed by atoms with van der Waals surface area (Å²) in [5.41, 5.74) is 1.39. The van der Waals surface area contributed by atoms with Gasteiger partial charge in [0.15, 0.2) is 11.6 Å². The molecule has 0 aliphatic rings. The predicted octanol–water partition coefficient (Wildman–Crippen LogP) is 4.75. The third-order valence-corrected chi connectivity index (χ3v) is 4.47. The van der Waals surface area contributed by atoms with Crippen molar-refractivity contribution in [2.75, 3.05) is 5.75 Å². The number of nitrogens with zero attached hydrogens (tertiary/aromatic N) is 2. The molecule has 0 bridgehead atoms. The zero-order valence-corrected chi connectivity index (χ0v) is 14.1. The summed E-state index contributed by atoms with van der Waals surface area (Å²) in [5.74, 6) is 0.778. The van der Waals surface area contributed by atoms with Crippen molar-refractivity contribution in [3.8, 4) is 11.4 Å². The highest BCUT2D eigenvalue weighted by molar-refractivity contribution is 7.99. The summed E-state index contributed by atoms with van der Waals surface area (Å²) in [6.07, 6.45) is 0. The highest BCUT2D eigenvalue weighted by Gasteiger charge is 2.13. The summed E-state index contributed by atoms with van der Waals surface area (Å²) in [7, 11) is 0. The Balaban J connectivity index is 1.67. The lowest BCUT2D eigenvalue weighted by Crippen LogP contribution is -2.03. The van der Waals surface area contributed by atoms with Crippen LogP contribution in [0.4, 0.5) is 0 Å². The van der Waals surface area contributed by atoms with Crippen molar-refractivity contribution in [1.82, 2.24) is 15.2 Å². The predicted molar refractivity (Wildman–Crippen MR) is 93.3 cm³/mol. The number of hydrogen-bond donors (Lipinski definition) is 1. The number of carbonyl (C=O) groups excluding carboxylic acids is 1. The number of aromatic amines is 1.